The lowest BCUT2D eigenvalue weighted by Crippen LogP contribution is -2.74. The predicted octanol–water partition coefficient (Wildman–Crippen LogP) is 3.12. The fourth-order valence-corrected chi connectivity index (χ4v) is 6.30. The van der Waals surface area contributed by atoms with E-state index in [-0.39, 0.29) is 11.6 Å². The van der Waals surface area contributed by atoms with Crippen LogP contribution in [-0.2, 0) is 23.3 Å². The molecule has 0 saturated heterocycles. The van der Waals surface area contributed by atoms with Crippen molar-refractivity contribution in [2.24, 2.45) is 5.41 Å². The first-order valence-electron chi connectivity index (χ1n) is 10.4. The Balaban J connectivity index is 1.21. The number of nitrogens with zero attached hydrogens (tertiary/aromatic N) is 3. The van der Waals surface area contributed by atoms with Crippen molar-refractivity contribution in [3.63, 3.8) is 0 Å². The van der Waals surface area contributed by atoms with Crippen LogP contribution in [0.25, 0.3) is 0 Å². The van der Waals surface area contributed by atoms with E-state index in [0.717, 1.165) is 10.9 Å². The number of hydrogen-bond donors (Lipinski definition) is 1. The highest BCUT2D eigenvalue weighted by Crippen LogP contribution is 2.71. The Morgan fingerprint density at radius 1 is 1.23 bits per heavy atom. The molecule has 3 aromatic rings. The number of thiophene rings is 1. The second kappa shape index (κ2) is 6.35. The van der Waals surface area contributed by atoms with Crippen LogP contribution in [0.2, 0.25) is 0 Å². The van der Waals surface area contributed by atoms with E-state index in [1.54, 1.807) is 15.9 Å². The van der Waals surface area contributed by atoms with Gasteiger partial charge in [0.15, 0.2) is 0 Å². The zero-order chi connectivity index (χ0) is 21.4. The van der Waals surface area contributed by atoms with Crippen LogP contribution < -0.4 is 11.0 Å². The van der Waals surface area contributed by atoms with Gasteiger partial charge in [-0.3, -0.25) is 9.36 Å². The summed E-state index contributed by atoms with van der Waals surface area (Å²) in [4.78, 5) is 27.0. The van der Waals surface area contributed by atoms with Crippen molar-refractivity contribution in [1.29, 1.82) is 0 Å². The molecule has 7 rings (SSSR count). The predicted molar refractivity (Wildman–Crippen MR) is 110 cm³/mol. The summed E-state index contributed by atoms with van der Waals surface area (Å²) < 4.78 is 30.5. The topological polar surface area (TPSA) is 68.9 Å². The van der Waals surface area contributed by atoms with Crippen LogP contribution in [0.15, 0.2) is 40.5 Å². The molecule has 3 heterocycles. The SMILES string of the molecule is O=C(NCc1cccs1)C12CC(n3nc4n(c3=O)C(c3cc(F)cc(F)c3)CC4)(C1)C2. The largest absolute Gasteiger partial charge is 0.351 e. The summed E-state index contributed by atoms with van der Waals surface area (Å²) in [5.41, 5.74) is -0.628. The van der Waals surface area contributed by atoms with Crippen molar-refractivity contribution in [2.75, 3.05) is 0 Å². The van der Waals surface area contributed by atoms with Gasteiger partial charge in [0.25, 0.3) is 0 Å². The molecule has 1 aromatic carbocycles. The minimum absolute atomic E-state index is 0.0377. The maximum Gasteiger partial charge on any atom is 0.347 e. The van der Waals surface area contributed by atoms with E-state index < -0.39 is 28.6 Å². The molecule has 1 unspecified atom stereocenters. The van der Waals surface area contributed by atoms with Gasteiger partial charge in [-0.1, -0.05) is 6.07 Å². The van der Waals surface area contributed by atoms with Gasteiger partial charge >= 0.3 is 5.69 Å². The second-order valence-electron chi connectivity index (χ2n) is 9.03. The van der Waals surface area contributed by atoms with Gasteiger partial charge in [-0.25, -0.2) is 18.3 Å². The van der Waals surface area contributed by atoms with Gasteiger partial charge in [-0.2, -0.15) is 5.10 Å². The number of nitrogens with one attached hydrogen (secondary N) is 1. The lowest BCUT2D eigenvalue weighted by Gasteiger charge is -2.68. The quantitative estimate of drug-likeness (QED) is 0.660. The first-order valence-corrected chi connectivity index (χ1v) is 11.2. The molecule has 0 radical (unpaired) electrons. The molecule has 160 valence electrons. The Morgan fingerprint density at radius 2 is 1.97 bits per heavy atom. The van der Waals surface area contributed by atoms with Gasteiger partial charge in [-0.15, -0.1) is 11.3 Å². The first kappa shape index (κ1) is 18.9. The van der Waals surface area contributed by atoms with Crippen molar-refractivity contribution in [2.45, 2.75) is 50.2 Å². The summed E-state index contributed by atoms with van der Waals surface area (Å²) in [7, 11) is 0. The molecule has 1 aliphatic heterocycles. The average molecular weight is 442 g/mol. The van der Waals surface area contributed by atoms with Crippen LogP contribution in [0.1, 0.15) is 48.0 Å². The molecule has 2 aromatic heterocycles. The summed E-state index contributed by atoms with van der Waals surface area (Å²) in [6.45, 7) is 0.524. The molecule has 9 heteroatoms. The Kier molecular flexibility index (Phi) is 3.88. The minimum Gasteiger partial charge on any atom is -0.351 e. The van der Waals surface area contributed by atoms with Gasteiger partial charge in [-0.05, 0) is 54.8 Å². The van der Waals surface area contributed by atoms with E-state index in [4.69, 9.17) is 0 Å². The lowest BCUT2D eigenvalue weighted by molar-refractivity contribution is -0.202. The molecule has 0 spiro atoms. The van der Waals surface area contributed by atoms with Crippen LogP contribution >= 0.6 is 11.3 Å². The number of benzene rings is 1. The van der Waals surface area contributed by atoms with E-state index >= 15 is 0 Å². The number of fused-ring (bicyclic) bond motifs is 1. The molecule has 3 aliphatic carbocycles. The van der Waals surface area contributed by atoms with E-state index in [2.05, 4.69) is 10.4 Å². The van der Waals surface area contributed by atoms with E-state index in [0.29, 0.717) is 50.0 Å². The highest BCUT2D eigenvalue weighted by molar-refractivity contribution is 7.09. The van der Waals surface area contributed by atoms with Crippen LogP contribution in [0.3, 0.4) is 0 Å². The Labute approximate surface area is 180 Å². The van der Waals surface area contributed by atoms with E-state index in [1.807, 2.05) is 17.5 Å². The zero-order valence-corrected chi connectivity index (χ0v) is 17.4. The third-order valence-corrected chi connectivity index (χ3v) is 7.92. The third kappa shape index (κ3) is 2.68. The molecule has 1 amide bonds. The van der Waals surface area contributed by atoms with Gasteiger partial charge in [0.05, 0.1) is 23.5 Å². The molecule has 3 fully saturated rings. The molecule has 4 aliphatic rings. The molecule has 1 atom stereocenters. The molecule has 6 nitrogen and oxygen atoms in total. The van der Waals surface area contributed by atoms with Crippen molar-refractivity contribution in [3.05, 3.63) is 74.1 Å². The Morgan fingerprint density at radius 3 is 2.65 bits per heavy atom. The van der Waals surface area contributed by atoms with Crippen LogP contribution in [0, 0.1) is 17.0 Å². The van der Waals surface area contributed by atoms with Crippen LogP contribution in [0.4, 0.5) is 8.78 Å². The first-order chi connectivity index (χ1) is 14.9. The number of amides is 1. The number of hydrogen-bond acceptors (Lipinski definition) is 4. The van der Waals surface area contributed by atoms with Gasteiger partial charge in [0, 0.05) is 17.4 Å². The molecule has 2 bridgehead atoms. The fourth-order valence-electron chi connectivity index (χ4n) is 5.66. The highest BCUT2D eigenvalue weighted by atomic mass is 32.1. The maximum atomic E-state index is 13.7. The van der Waals surface area contributed by atoms with Crippen LogP contribution in [-0.4, -0.2) is 20.3 Å². The fraction of sp³-hybridized carbons (Fsp3) is 0.409. The second-order valence-corrected chi connectivity index (χ2v) is 10.1. The summed E-state index contributed by atoms with van der Waals surface area (Å²) in [6.07, 6.45) is 2.97. The van der Waals surface area contributed by atoms with Crippen molar-refractivity contribution >= 4 is 17.2 Å². The minimum atomic E-state index is -0.654. The van der Waals surface area contributed by atoms with Crippen LogP contribution in [0.5, 0.6) is 0 Å². The number of carbonyl (C=O) groups excluding carboxylic acids is 1. The normalized spacial score (nSPS) is 28.0. The summed E-state index contributed by atoms with van der Waals surface area (Å²) in [5.74, 6) is -0.631. The van der Waals surface area contributed by atoms with Crippen molar-refractivity contribution in [3.8, 4) is 0 Å². The monoisotopic (exact) mass is 442 g/mol. The smallest absolute Gasteiger partial charge is 0.347 e. The van der Waals surface area contributed by atoms with Gasteiger partial charge in [0.1, 0.15) is 17.5 Å². The van der Waals surface area contributed by atoms with Crippen molar-refractivity contribution in [1.82, 2.24) is 19.7 Å². The number of carbonyl (C=O) groups is 1. The van der Waals surface area contributed by atoms with Gasteiger partial charge in [0.2, 0.25) is 5.91 Å². The number of aromatic nitrogens is 3. The standard InChI is InChI=1S/C22H20F2N4O2S/c23-14-6-13(7-15(24)8-14)17-3-4-18-26-28(20(30)27(17)18)22-10-21(11-22,12-22)19(29)25-9-16-2-1-5-31-16/h1-2,5-8,17H,3-4,9-12H2,(H,25,29). The molecule has 1 N–H and O–H groups in total. The lowest BCUT2D eigenvalue weighted by atomic mass is 9.39. The maximum absolute atomic E-state index is 13.7. The highest BCUT2D eigenvalue weighted by Gasteiger charge is 2.73. The van der Waals surface area contributed by atoms with E-state index in [1.165, 1.54) is 16.8 Å². The molecule has 31 heavy (non-hydrogen) atoms. The van der Waals surface area contributed by atoms with E-state index in [9.17, 15) is 18.4 Å². The number of halogens is 2. The summed E-state index contributed by atoms with van der Waals surface area (Å²) in [5, 5.41) is 9.56. The summed E-state index contributed by atoms with van der Waals surface area (Å²) >= 11 is 1.61. The van der Waals surface area contributed by atoms with Gasteiger partial charge < -0.3 is 5.32 Å². The third-order valence-electron chi connectivity index (χ3n) is 7.04. The average Bonchev–Trinajstić information content (AvgIpc) is 3.37. The van der Waals surface area contributed by atoms with Crippen molar-refractivity contribution < 1.29 is 13.6 Å². The summed E-state index contributed by atoms with van der Waals surface area (Å²) in [6, 6.07) is 6.91. The molecular formula is C22H20F2N4O2S. The molecular weight excluding hydrogens is 422 g/mol. The number of aryl methyl sites for hydroxylation is 1. The number of rotatable bonds is 5. The molecule has 3 saturated carbocycles. The Bertz CT molecular complexity index is 1220. The Hall–Kier alpha value is -2.81. The zero-order valence-electron chi connectivity index (χ0n) is 16.6.